The maximum Gasteiger partial charge on any atom is 0.305 e. The summed E-state index contributed by atoms with van der Waals surface area (Å²) in [4.78, 5) is 11.0. The predicted octanol–water partition coefficient (Wildman–Crippen LogP) is 0.448. The molecule has 1 heterocycles. The fourth-order valence-electron chi connectivity index (χ4n) is 1.40. The molecule has 1 aliphatic rings. The Bertz CT molecular complexity index is 176. The van der Waals surface area contributed by atoms with E-state index in [9.17, 15) is 4.79 Å². The third-order valence-corrected chi connectivity index (χ3v) is 2.27. The molecule has 0 radical (unpaired) electrons. The minimum atomic E-state index is -0.299. The summed E-state index contributed by atoms with van der Waals surface area (Å²) in [6, 6.07) is 0. The van der Waals surface area contributed by atoms with Crippen LogP contribution in [0.5, 0.6) is 0 Å². The Labute approximate surface area is 78.4 Å². The molecule has 0 aromatic rings. The largest absolute Gasteiger partial charge is 0.466 e. The average molecular weight is 187 g/mol. The van der Waals surface area contributed by atoms with Gasteiger partial charge >= 0.3 is 5.97 Å². The van der Waals surface area contributed by atoms with E-state index in [0.29, 0.717) is 32.7 Å². The summed E-state index contributed by atoms with van der Waals surface area (Å²) in [6.07, 6.45) is 1.89. The zero-order valence-electron chi connectivity index (χ0n) is 8.04. The molecule has 2 N–H and O–H groups in total. The van der Waals surface area contributed by atoms with Gasteiger partial charge in [-0.15, -0.1) is 0 Å². The highest BCUT2D eigenvalue weighted by Crippen LogP contribution is 2.20. The summed E-state index contributed by atoms with van der Waals surface area (Å²) in [5.74, 6) is -0.167. The van der Waals surface area contributed by atoms with E-state index in [2.05, 4.69) is 0 Å². The Balaban J connectivity index is 2.21. The van der Waals surface area contributed by atoms with Gasteiger partial charge in [0, 0.05) is 18.6 Å². The Hall–Kier alpha value is -0.610. The van der Waals surface area contributed by atoms with Crippen molar-refractivity contribution < 1.29 is 14.3 Å². The number of hydrogen-bond donors (Lipinski definition) is 1. The molecule has 4 nitrogen and oxygen atoms in total. The van der Waals surface area contributed by atoms with Crippen molar-refractivity contribution >= 4 is 5.97 Å². The van der Waals surface area contributed by atoms with Crippen molar-refractivity contribution in [3.63, 3.8) is 0 Å². The van der Waals surface area contributed by atoms with Crippen LogP contribution in [0.15, 0.2) is 0 Å². The quantitative estimate of drug-likeness (QED) is 0.649. The number of carbonyl (C=O) groups excluding carboxylic acids is 1. The lowest BCUT2D eigenvalue weighted by Gasteiger charge is -2.20. The molecule has 1 rings (SSSR count). The first-order chi connectivity index (χ1) is 6.16. The van der Waals surface area contributed by atoms with E-state index in [1.54, 1.807) is 6.92 Å². The smallest absolute Gasteiger partial charge is 0.305 e. The molecule has 0 amide bonds. The van der Waals surface area contributed by atoms with Gasteiger partial charge in [-0.05, 0) is 19.8 Å². The molecule has 1 fully saturated rings. The zero-order valence-corrected chi connectivity index (χ0v) is 8.04. The van der Waals surface area contributed by atoms with Crippen LogP contribution in [0.25, 0.3) is 0 Å². The molecule has 1 atom stereocenters. The molecule has 0 saturated carbocycles. The van der Waals surface area contributed by atoms with Crippen molar-refractivity contribution in [2.45, 2.75) is 31.7 Å². The maximum atomic E-state index is 11.0. The predicted molar refractivity (Wildman–Crippen MR) is 48.2 cm³/mol. The van der Waals surface area contributed by atoms with Crippen LogP contribution in [0.1, 0.15) is 26.2 Å². The van der Waals surface area contributed by atoms with Crippen LogP contribution in [0.2, 0.25) is 0 Å². The molecule has 4 heteroatoms. The van der Waals surface area contributed by atoms with Crippen molar-refractivity contribution in [2.24, 2.45) is 5.73 Å². The normalized spacial score (nSPS) is 27.5. The molecule has 0 spiro atoms. The minimum Gasteiger partial charge on any atom is -0.466 e. The first kappa shape index (κ1) is 10.5. The summed E-state index contributed by atoms with van der Waals surface area (Å²) < 4.78 is 9.99. The first-order valence-electron chi connectivity index (χ1n) is 4.68. The Morgan fingerprint density at radius 2 is 2.46 bits per heavy atom. The maximum absolute atomic E-state index is 11.0. The summed E-state index contributed by atoms with van der Waals surface area (Å²) in [6.45, 7) is 3.51. The lowest BCUT2D eigenvalue weighted by molar-refractivity contribution is -0.143. The van der Waals surface area contributed by atoms with Gasteiger partial charge in [0.15, 0.2) is 0 Å². The summed E-state index contributed by atoms with van der Waals surface area (Å²) in [7, 11) is 0. The molecule has 1 aliphatic heterocycles. The van der Waals surface area contributed by atoms with Crippen molar-refractivity contribution in [1.82, 2.24) is 0 Å². The highest BCUT2D eigenvalue weighted by molar-refractivity contribution is 5.69. The van der Waals surface area contributed by atoms with Crippen molar-refractivity contribution in [3.8, 4) is 0 Å². The van der Waals surface area contributed by atoms with E-state index in [0.717, 1.165) is 6.42 Å². The molecule has 0 aliphatic carbocycles. The van der Waals surface area contributed by atoms with Gasteiger partial charge < -0.3 is 15.2 Å². The van der Waals surface area contributed by atoms with Crippen molar-refractivity contribution in [3.05, 3.63) is 0 Å². The Kier molecular flexibility index (Phi) is 3.69. The highest BCUT2D eigenvalue weighted by atomic mass is 16.5. The van der Waals surface area contributed by atoms with E-state index in [-0.39, 0.29) is 11.5 Å². The van der Waals surface area contributed by atoms with Crippen molar-refractivity contribution in [2.75, 3.05) is 19.8 Å². The van der Waals surface area contributed by atoms with Crippen LogP contribution in [-0.2, 0) is 14.3 Å². The number of carbonyl (C=O) groups is 1. The molecule has 0 aromatic carbocycles. The number of hydrogen-bond acceptors (Lipinski definition) is 4. The van der Waals surface area contributed by atoms with Gasteiger partial charge in [0.25, 0.3) is 0 Å². The van der Waals surface area contributed by atoms with E-state index in [4.69, 9.17) is 15.2 Å². The van der Waals surface area contributed by atoms with Gasteiger partial charge in [0.1, 0.15) is 0 Å². The minimum absolute atomic E-state index is 0.167. The molecular formula is C9H17NO3. The molecule has 13 heavy (non-hydrogen) atoms. The number of ether oxygens (including phenoxy) is 2. The van der Waals surface area contributed by atoms with Crippen LogP contribution in [-0.4, -0.2) is 31.3 Å². The average Bonchev–Trinajstić information content (AvgIpc) is 2.51. The lowest BCUT2D eigenvalue weighted by atomic mass is 9.94. The fraction of sp³-hybridized carbons (Fsp3) is 0.889. The van der Waals surface area contributed by atoms with Crippen LogP contribution >= 0.6 is 0 Å². The number of nitrogens with two attached hydrogens (primary N) is 1. The van der Waals surface area contributed by atoms with Gasteiger partial charge in [-0.1, -0.05) is 0 Å². The number of rotatable bonds is 4. The molecule has 1 saturated heterocycles. The first-order valence-corrected chi connectivity index (χ1v) is 4.68. The standard InChI is InChI=1S/C9H17NO3/c1-2-13-8(11)3-4-9(10)5-6-12-7-9/h2-7,10H2,1H3. The van der Waals surface area contributed by atoms with Crippen molar-refractivity contribution in [1.29, 1.82) is 0 Å². The SMILES string of the molecule is CCOC(=O)CCC1(N)CCOC1. The van der Waals surface area contributed by atoms with Crippen LogP contribution in [0.4, 0.5) is 0 Å². The van der Waals surface area contributed by atoms with Crippen LogP contribution < -0.4 is 5.73 Å². The van der Waals surface area contributed by atoms with Gasteiger partial charge in [0.2, 0.25) is 0 Å². The van der Waals surface area contributed by atoms with Gasteiger partial charge in [0.05, 0.1) is 13.2 Å². The molecule has 76 valence electrons. The van der Waals surface area contributed by atoms with Gasteiger partial charge in [-0.3, -0.25) is 4.79 Å². The Morgan fingerprint density at radius 1 is 1.69 bits per heavy atom. The Morgan fingerprint density at radius 3 is 3.00 bits per heavy atom. The third-order valence-electron chi connectivity index (χ3n) is 2.27. The van der Waals surface area contributed by atoms with Crippen LogP contribution in [0, 0.1) is 0 Å². The molecule has 0 aromatic heterocycles. The summed E-state index contributed by atoms with van der Waals surface area (Å²) >= 11 is 0. The highest BCUT2D eigenvalue weighted by Gasteiger charge is 2.30. The van der Waals surface area contributed by atoms with Gasteiger partial charge in [-0.25, -0.2) is 0 Å². The monoisotopic (exact) mass is 187 g/mol. The van der Waals surface area contributed by atoms with E-state index >= 15 is 0 Å². The van der Waals surface area contributed by atoms with E-state index in [1.165, 1.54) is 0 Å². The second kappa shape index (κ2) is 4.58. The van der Waals surface area contributed by atoms with E-state index < -0.39 is 0 Å². The summed E-state index contributed by atoms with van der Waals surface area (Å²) in [5, 5.41) is 0. The number of esters is 1. The van der Waals surface area contributed by atoms with Crippen LogP contribution in [0.3, 0.4) is 0 Å². The second-order valence-corrected chi connectivity index (χ2v) is 3.47. The lowest BCUT2D eigenvalue weighted by Crippen LogP contribution is -2.40. The second-order valence-electron chi connectivity index (χ2n) is 3.47. The molecule has 0 bridgehead atoms. The molecular weight excluding hydrogens is 170 g/mol. The molecule has 1 unspecified atom stereocenters. The third kappa shape index (κ3) is 3.32. The topological polar surface area (TPSA) is 61.5 Å². The summed E-state index contributed by atoms with van der Waals surface area (Å²) in [5.41, 5.74) is 5.67. The van der Waals surface area contributed by atoms with E-state index in [1.807, 2.05) is 0 Å². The van der Waals surface area contributed by atoms with Gasteiger partial charge in [-0.2, -0.15) is 0 Å². The fourth-order valence-corrected chi connectivity index (χ4v) is 1.40. The zero-order chi connectivity index (χ0) is 9.73.